The molecule has 1 saturated heterocycles. The van der Waals surface area contributed by atoms with Gasteiger partial charge in [0.05, 0.1) is 7.11 Å². The molecule has 0 radical (unpaired) electrons. The highest BCUT2D eigenvalue weighted by Crippen LogP contribution is 2.70. The highest BCUT2D eigenvalue weighted by atomic mass is 19.1. The van der Waals surface area contributed by atoms with E-state index in [2.05, 4.69) is 0 Å². The van der Waals surface area contributed by atoms with Gasteiger partial charge in [0, 0.05) is 35.2 Å². The maximum Gasteiger partial charge on any atom is 0.339 e. The summed E-state index contributed by atoms with van der Waals surface area (Å²) in [5.41, 5.74) is 6.79. The zero-order chi connectivity index (χ0) is 20.4. The highest BCUT2D eigenvalue weighted by molar-refractivity contribution is 6.24. The molecular weight excluding hydrogens is 363 g/mol. The fraction of sp³-hybridized carbons (Fsp3) is 0.524. The van der Waals surface area contributed by atoms with Crippen molar-refractivity contribution in [1.82, 2.24) is 0 Å². The van der Waals surface area contributed by atoms with Gasteiger partial charge in [0.15, 0.2) is 5.82 Å². The van der Waals surface area contributed by atoms with Crippen molar-refractivity contribution in [1.29, 1.82) is 0 Å². The van der Waals surface area contributed by atoms with Crippen LogP contribution in [0.5, 0.6) is 5.75 Å². The molecule has 4 rings (SSSR count). The van der Waals surface area contributed by atoms with Gasteiger partial charge in [-0.3, -0.25) is 4.79 Å². The molecule has 3 N–H and O–H groups in total. The van der Waals surface area contributed by atoms with E-state index >= 15 is 4.39 Å². The van der Waals surface area contributed by atoms with Crippen LogP contribution in [0.3, 0.4) is 0 Å². The molecule has 3 fully saturated rings. The van der Waals surface area contributed by atoms with Crippen LogP contribution >= 0.6 is 0 Å². The molecule has 2 saturated carbocycles. The summed E-state index contributed by atoms with van der Waals surface area (Å²) in [6.45, 7) is 4.35. The lowest BCUT2D eigenvalue weighted by Gasteiger charge is -2.27. The minimum atomic E-state index is -1.34. The number of nitrogens with two attached hydrogens (primary N) is 1. The molecule has 0 amide bonds. The number of ketones is 1. The Morgan fingerprint density at radius 3 is 2.68 bits per heavy atom. The van der Waals surface area contributed by atoms with E-state index in [1.165, 1.54) is 20.1 Å². The summed E-state index contributed by atoms with van der Waals surface area (Å²) in [4.78, 5) is 25.9. The maximum atomic E-state index is 15.2. The largest absolute Gasteiger partial charge is 0.494 e. The number of anilines is 1. The summed E-state index contributed by atoms with van der Waals surface area (Å²) >= 11 is 0. The van der Waals surface area contributed by atoms with Crippen molar-refractivity contribution in [3.05, 3.63) is 34.7 Å². The van der Waals surface area contributed by atoms with Gasteiger partial charge in [0.2, 0.25) is 5.78 Å². The van der Waals surface area contributed by atoms with E-state index in [0.29, 0.717) is 30.3 Å². The number of carbonyl (C=O) groups is 2. The van der Waals surface area contributed by atoms with Gasteiger partial charge in [0.25, 0.3) is 0 Å². The fourth-order valence-corrected chi connectivity index (χ4v) is 5.52. The van der Waals surface area contributed by atoms with Crippen LogP contribution in [0.15, 0.2) is 17.7 Å². The first kappa shape index (κ1) is 18.9. The average molecular weight is 388 g/mol. The van der Waals surface area contributed by atoms with Crippen LogP contribution < -0.4 is 15.4 Å². The maximum absolute atomic E-state index is 15.2. The van der Waals surface area contributed by atoms with Crippen molar-refractivity contribution in [2.75, 3.05) is 25.1 Å². The van der Waals surface area contributed by atoms with Crippen molar-refractivity contribution in [3.8, 4) is 5.75 Å². The Labute approximate surface area is 163 Å². The smallest absolute Gasteiger partial charge is 0.339 e. The molecule has 1 aliphatic heterocycles. The van der Waals surface area contributed by atoms with Gasteiger partial charge < -0.3 is 20.5 Å². The summed E-state index contributed by atoms with van der Waals surface area (Å²) in [5, 5.41) is 9.24. The second-order valence-electron chi connectivity index (χ2n) is 8.36. The Balaban J connectivity index is 1.76. The van der Waals surface area contributed by atoms with E-state index in [4.69, 9.17) is 10.5 Å². The summed E-state index contributed by atoms with van der Waals surface area (Å²) in [5.74, 6) is -1.78. The molecule has 1 aromatic rings. The molecule has 28 heavy (non-hydrogen) atoms. The number of aliphatic carboxylic acids is 1. The van der Waals surface area contributed by atoms with Crippen LogP contribution in [-0.4, -0.2) is 42.6 Å². The van der Waals surface area contributed by atoms with Crippen LogP contribution in [-0.2, 0) is 4.79 Å². The first-order valence-electron chi connectivity index (χ1n) is 9.54. The predicted octanol–water partition coefficient (Wildman–Crippen LogP) is 2.67. The number of carboxylic acid groups (broad SMARTS) is 1. The Morgan fingerprint density at radius 1 is 1.43 bits per heavy atom. The molecule has 1 spiro atoms. The third-order valence-electron chi connectivity index (χ3n) is 7.09. The zero-order valence-electron chi connectivity index (χ0n) is 16.3. The third-order valence-corrected chi connectivity index (χ3v) is 7.09. The normalized spacial score (nSPS) is 30.8. The predicted molar refractivity (Wildman–Crippen MR) is 102 cm³/mol. The second-order valence-corrected chi connectivity index (χ2v) is 8.36. The molecule has 150 valence electrons. The molecule has 1 heterocycles. The minimum Gasteiger partial charge on any atom is -0.494 e. The Kier molecular flexibility index (Phi) is 4.08. The van der Waals surface area contributed by atoms with Gasteiger partial charge in [-0.1, -0.05) is 6.08 Å². The van der Waals surface area contributed by atoms with Gasteiger partial charge in [-0.25, -0.2) is 9.18 Å². The number of hydrogen-bond acceptors (Lipinski definition) is 5. The molecule has 0 aromatic heterocycles. The first-order valence-corrected chi connectivity index (χ1v) is 9.54. The second kappa shape index (κ2) is 6.04. The monoisotopic (exact) mass is 388 g/mol. The van der Waals surface area contributed by atoms with Crippen molar-refractivity contribution >= 4 is 17.4 Å². The number of benzene rings is 1. The molecule has 1 aromatic carbocycles. The van der Waals surface area contributed by atoms with Crippen LogP contribution in [0.2, 0.25) is 0 Å². The Bertz CT molecular complexity index is 921. The lowest BCUT2D eigenvalue weighted by Crippen LogP contribution is -2.47. The Hall–Kier alpha value is -2.41. The molecular formula is C21H25FN2O4. The molecule has 3 atom stereocenters. The van der Waals surface area contributed by atoms with Crippen LogP contribution in [0, 0.1) is 24.1 Å². The molecule has 3 unspecified atom stereocenters. The molecule has 7 heteroatoms. The topological polar surface area (TPSA) is 92.9 Å². The van der Waals surface area contributed by atoms with E-state index < -0.39 is 23.1 Å². The SMILES string of the molecule is C/C=C(/C(=O)O)C(=O)c1cc(F)c(N2CC3(N)CCC4CC43C2)c(OC)c1C. The number of Topliss-reactive ketones (excluding diaryl/α,β-unsaturated/α-hetero) is 1. The standard InChI is InChI=1S/C21H25FN2O4/c1-4-13(19(26)27)17(25)14-7-15(22)16(18(28-3)11(14)2)24-9-20-8-12(20)5-6-21(20,23)10-24/h4,7,12H,5-6,8-10,23H2,1-3H3,(H,26,27)/b13-4+. The van der Waals surface area contributed by atoms with E-state index in [1.54, 1.807) is 6.92 Å². The van der Waals surface area contributed by atoms with Crippen molar-refractivity contribution in [3.63, 3.8) is 0 Å². The molecule has 0 bridgehead atoms. The number of halogens is 1. The molecule has 3 aliphatic rings. The van der Waals surface area contributed by atoms with E-state index in [0.717, 1.165) is 25.3 Å². The van der Waals surface area contributed by atoms with Crippen molar-refractivity contribution in [2.45, 2.75) is 38.6 Å². The molecule has 6 nitrogen and oxygen atoms in total. The lowest BCUT2D eigenvalue weighted by atomic mass is 9.86. The van der Waals surface area contributed by atoms with Crippen molar-refractivity contribution in [2.24, 2.45) is 17.1 Å². The van der Waals surface area contributed by atoms with Crippen LogP contribution in [0.1, 0.15) is 42.1 Å². The van der Waals surface area contributed by atoms with E-state index in [-0.39, 0.29) is 22.3 Å². The number of hydrogen-bond donors (Lipinski definition) is 2. The molecule has 2 aliphatic carbocycles. The summed E-state index contributed by atoms with van der Waals surface area (Å²) in [7, 11) is 1.43. The van der Waals surface area contributed by atoms with E-state index in [1.807, 2.05) is 4.90 Å². The van der Waals surface area contributed by atoms with Crippen molar-refractivity contribution < 1.29 is 23.8 Å². The number of ether oxygens (including phenoxy) is 1. The highest BCUT2D eigenvalue weighted by Gasteiger charge is 2.72. The average Bonchev–Trinajstić information content (AvgIpc) is 3.16. The number of carbonyl (C=O) groups excluding carboxylic acids is 1. The summed E-state index contributed by atoms with van der Waals surface area (Å²) in [6.07, 6.45) is 4.38. The number of carboxylic acids is 1. The van der Waals surface area contributed by atoms with E-state index in [9.17, 15) is 14.7 Å². The summed E-state index contributed by atoms with van der Waals surface area (Å²) in [6, 6.07) is 1.13. The van der Waals surface area contributed by atoms with Gasteiger partial charge in [-0.2, -0.15) is 0 Å². The van der Waals surface area contributed by atoms with Gasteiger partial charge in [-0.05, 0) is 45.1 Å². The third kappa shape index (κ3) is 2.35. The van der Waals surface area contributed by atoms with Gasteiger partial charge >= 0.3 is 5.97 Å². The summed E-state index contributed by atoms with van der Waals surface area (Å²) < 4.78 is 20.7. The number of allylic oxidation sites excluding steroid dienone is 1. The fourth-order valence-electron chi connectivity index (χ4n) is 5.52. The Morgan fingerprint density at radius 2 is 2.14 bits per heavy atom. The zero-order valence-corrected chi connectivity index (χ0v) is 16.3. The minimum absolute atomic E-state index is 0.00193. The number of methoxy groups -OCH3 is 1. The van der Waals surface area contributed by atoms with Crippen LogP contribution in [0.4, 0.5) is 10.1 Å². The van der Waals surface area contributed by atoms with Crippen LogP contribution in [0.25, 0.3) is 0 Å². The van der Waals surface area contributed by atoms with Gasteiger partial charge in [-0.15, -0.1) is 0 Å². The number of nitrogens with zero attached hydrogens (tertiary/aromatic N) is 1. The number of rotatable bonds is 5. The lowest BCUT2D eigenvalue weighted by molar-refractivity contribution is -0.132. The van der Waals surface area contributed by atoms with Gasteiger partial charge in [0.1, 0.15) is 17.0 Å². The quantitative estimate of drug-likeness (QED) is 0.349. The first-order chi connectivity index (χ1) is 13.2.